The first-order valence-electron chi connectivity index (χ1n) is 15.6. The van der Waals surface area contributed by atoms with Crippen molar-refractivity contribution < 1.29 is 18.7 Å². The number of hydrogen-bond donors (Lipinski definition) is 1. The molecule has 46 heavy (non-hydrogen) atoms. The summed E-state index contributed by atoms with van der Waals surface area (Å²) >= 11 is 0. The molecule has 1 aliphatic heterocycles. The van der Waals surface area contributed by atoms with Gasteiger partial charge in [0.1, 0.15) is 18.1 Å². The maximum absolute atomic E-state index is 15.3. The summed E-state index contributed by atoms with van der Waals surface area (Å²) in [6, 6.07) is 21.9. The van der Waals surface area contributed by atoms with Crippen molar-refractivity contribution in [2.45, 2.75) is 44.2 Å². The molecule has 238 valence electrons. The van der Waals surface area contributed by atoms with E-state index in [9.17, 15) is 4.79 Å². The fraction of sp³-hybridized carbons (Fsp3) is 0.297. The maximum Gasteiger partial charge on any atom is 0.257 e. The van der Waals surface area contributed by atoms with Crippen LogP contribution in [-0.2, 0) is 4.79 Å². The number of hydrogen-bond acceptors (Lipinski definition) is 7. The highest BCUT2D eigenvalue weighted by molar-refractivity contribution is 6.06. The van der Waals surface area contributed by atoms with Crippen LogP contribution >= 0.6 is 0 Å². The number of ether oxygens (including phenoxy) is 2. The smallest absolute Gasteiger partial charge is 0.257 e. The van der Waals surface area contributed by atoms with E-state index in [0.717, 1.165) is 23.2 Å². The van der Waals surface area contributed by atoms with Crippen molar-refractivity contribution >= 4 is 28.2 Å². The number of allylic oxidation sites excluding steroid dienone is 1. The second-order valence-electron chi connectivity index (χ2n) is 12.1. The Morgan fingerprint density at radius 1 is 1.09 bits per heavy atom. The first-order chi connectivity index (χ1) is 22.2. The standard InChI is InChI=1S/C37H40FN5O3/c1-6-30(25(2)42(4)43(5)27-10-8-7-9-11-27)36(44)40-26-12-15-35(32(38)22-26)46-34-17-21-39-33-23-29(13-14-31(33)34)45-24-28-16-18-37(19-20-37)41(28)3/h6-15,17,21-23,28H,1,16,18-20,24H2,2-5H3,(H,40,44)/b30-25+/t28-/m0/s1. The summed E-state index contributed by atoms with van der Waals surface area (Å²) in [7, 11) is 5.98. The Bertz CT molecular complexity index is 1790. The first kappa shape index (κ1) is 31.1. The molecule has 6 rings (SSSR count). The number of pyridine rings is 1. The normalized spacial score (nSPS) is 17.4. The van der Waals surface area contributed by atoms with Crippen LogP contribution in [0.4, 0.5) is 15.8 Å². The van der Waals surface area contributed by atoms with Gasteiger partial charge in [0, 0.05) is 60.8 Å². The molecule has 4 aromatic rings. The number of fused-ring (bicyclic) bond motifs is 1. The number of amides is 1. The number of likely N-dealkylation sites (N-methyl/N-ethyl adjacent to an activating group) is 1. The highest BCUT2D eigenvalue weighted by Crippen LogP contribution is 2.50. The highest BCUT2D eigenvalue weighted by Gasteiger charge is 2.52. The predicted octanol–water partition coefficient (Wildman–Crippen LogP) is 7.55. The summed E-state index contributed by atoms with van der Waals surface area (Å²) < 4.78 is 27.5. The number of likely N-dealkylation sites (tertiary alicyclic amines) is 1. The summed E-state index contributed by atoms with van der Waals surface area (Å²) in [5.41, 5.74) is 3.41. The molecule has 1 saturated carbocycles. The van der Waals surface area contributed by atoms with Crippen LogP contribution < -0.4 is 19.8 Å². The number of para-hydroxylation sites is 1. The van der Waals surface area contributed by atoms with Gasteiger partial charge in [-0.3, -0.25) is 24.7 Å². The minimum atomic E-state index is -0.612. The third-order valence-electron chi connectivity index (χ3n) is 9.50. The topological polar surface area (TPSA) is 70.2 Å². The number of halogens is 1. The lowest BCUT2D eigenvalue weighted by Gasteiger charge is -2.33. The minimum absolute atomic E-state index is 0.0315. The molecule has 1 N–H and O–H groups in total. The van der Waals surface area contributed by atoms with Gasteiger partial charge in [-0.25, -0.2) is 4.39 Å². The summed E-state index contributed by atoms with van der Waals surface area (Å²) in [5, 5.41) is 7.30. The number of aromatic nitrogens is 1. The van der Waals surface area contributed by atoms with Crippen LogP contribution in [-0.4, -0.2) is 60.1 Å². The van der Waals surface area contributed by atoms with Gasteiger partial charge in [0.15, 0.2) is 11.6 Å². The summed E-state index contributed by atoms with van der Waals surface area (Å²) in [6.45, 7) is 6.30. The Hall–Kier alpha value is -4.89. The molecule has 0 radical (unpaired) electrons. The molecule has 0 unspecified atom stereocenters. The van der Waals surface area contributed by atoms with E-state index in [1.807, 2.05) is 79.6 Å². The van der Waals surface area contributed by atoms with Crippen molar-refractivity contribution in [1.82, 2.24) is 14.9 Å². The van der Waals surface area contributed by atoms with Gasteiger partial charge in [-0.15, -0.1) is 0 Å². The number of carbonyl (C=O) groups excluding carboxylic acids is 1. The molecular weight excluding hydrogens is 581 g/mol. The lowest BCUT2D eigenvalue weighted by Crippen LogP contribution is -2.37. The molecule has 1 spiro atoms. The van der Waals surface area contributed by atoms with Gasteiger partial charge in [0.25, 0.3) is 5.91 Å². The Kier molecular flexibility index (Phi) is 8.69. The lowest BCUT2D eigenvalue weighted by atomic mass is 10.1. The van der Waals surface area contributed by atoms with E-state index < -0.39 is 11.7 Å². The second kappa shape index (κ2) is 12.8. The lowest BCUT2D eigenvalue weighted by molar-refractivity contribution is -0.112. The van der Waals surface area contributed by atoms with Gasteiger partial charge < -0.3 is 14.8 Å². The van der Waals surface area contributed by atoms with Crippen LogP contribution in [0, 0.1) is 5.82 Å². The van der Waals surface area contributed by atoms with Gasteiger partial charge in [0.05, 0.1) is 16.8 Å². The Balaban J connectivity index is 1.12. The van der Waals surface area contributed by atoms with Crippen molar-refractivity contribution in [2.24, 2.45) is 0 Å². The zero-order valence-corrected chi connectivity index (χ0v) is 26.8. The quantitative estimate of drug-likeness (QED) is 0.105. The SMILES string of the molecule is C=C/C(C(=O)Nc1ccc(Oc2ccnc3cc(OC[C@@H]4CCC5(CC5)N4C)ccc23)c(F)c1)=C(/C)N(C)N(C)c1ccccc1. The molecule has 1 amide bonds. The zero-order valence-electron chi connectivity index (χ0n) is 26.8. The van der Waals surface area contributed by atoms with Crippen molar-refractivity contribution in [2.75, 3.05) is 38.1 Å². The van der Waals surface area contributed by atoms with Crippen LogP contribution in [0.3, 0.4) is 0 Å². The fourth-order valence-corrected chi connectivity index (χ4v) is 6.21. The predicted molar refractivity (Wildman–Crippen MR) is 181 cm³/mol. The first-order valence-corrected chi connectivity index (χ1v) is 15.6. The number of nitrogens with one attached hydrogen (secondary N) is 1. The van der Waals surface area contributed by atoms with E-state index >= 15 is 4.39 Å². The molecule has 3 aromatic carbocycles. The highest BCUT2D eigenvalue weighted by atomic mass is 19.1. The van der Waals surface area contributed by atoms with Crippen molar-refractivity contribution in [3.8, 4) is 17.2 Å². The van der Waals surface area contributed by atoms with E-state index in [1.54, 1.807) is 18.3 Å². The summed E-state index contributed by atoms with van der Waals surface area (Å²) in [5.74, 6) is 0.229. The minimum Gasteiger partial charge on any atom is -0.492 e. The maximum atomic E-state index is 15.3. The molecule has 2 heterocycles. The molecule has 9 heteroatoms. The monoisotopic (exact) mass is 621 g/mol. The number of anilines is 2. The van der Waals surface area contributed by atoms with Gasteiger partial charge in [-0.1, -0.05) is 30.9 Å². The van der Waals surface area contributed by atoms with Gasteiger partial charge in [-0.05, 0) is 82.1 Å². The Morgan fingerprint density at radius 3 is 2.57 bits per heavy atom. The van der Waals surface area contributed by atoms with Crippen LogP contribution in [0.25, 0.3) is 10.9 Å². The molecule has 1 aromatic heterocycles. The summed E-state index contributed by atoms with van der Waals surface area (Å²) in [6.07, 6.45) is 8.11. The zero-order chi connectivity index (χ0) is 32.4. The largest absolute Gasteiger partial charge is 0.492 e. The van der Waals surface area contributed by atoms with Gasteiger partial charge in [-0.2, -0.15) is 0 Å². The number of benzene rings is 3. The van der Waals surface area contributed by atoms with Crippen molar-refractivity contribution in [1.29, 1.82) is 0 Å². The average molecular weight is 622 g/mol. The van der Waals surface area contributed by atoms with E-state index in [0.29, 0.717) is 46.4 Å². The van der Waals surface area contributed by atoms with E-state index in [-0.39, 0.29) is 5.75 Å². The van der Waals surface area contributed by atoms with Crippen molar-refractivity contribution in [3.63, 3.8) is 0 Å². The molecular formula is C37H40FN5O3. The third kappa shape index (κ3) is 6.28. The molecule has 1 saturated heterocycles. The summed E-state index contributed by atoms with van der Waals surface area (Å²) in [4.78, 5) is 20.2. The Labute approximate surface area is 269 Å². The number of nitrogens with zero attached hydrogens (tertiary/aromatic N) is 4. The van der Waals surface area contributed by atoms with Crippen LogP contribution in [0.5, 0.6) is 17.2 Å². The van der Waals surface area contributed by atoms with Gasteiger partial charge >= 0.3 is 0 Å². The Morgan fingerprint density at radius 2 is 1.87 bits per heavy atom. The van der Waals surface area contributed by atoms with Crippen LogP contribution in [0.2, 0.25) is 0 Å². The molecule has 1 aliphatic carbocycles. The molecule has 0 bridgehead atoms. The molecule has 1 atom stereocenters. The number of rotatable bonds is 11. The van der Waals surface area contributed by atoms with E-state index in [2.05, 4.69) is 28.8 Å². The van der Waals surface area contributed by atoms with E-state index in [1.165, 1.54) is 37.5 Å². The van der Waals surface area contributed by atoms with Crippen LogP contribution in [0.15, 0.2) is 103 Å². The third-order valence-corrected chi connectivity index (χ3v) is 9.50. The number of hydrazine groups is 1. The average Bonchev–Trinajstić information content (AvgIpc) is 3.80. The molecule has 2 fully saturated rings. The molecule has 8 nitrogen and oxygen atoms in total. The van der Waals surface area contributed by atoms with Gasteiger partial charge in [0.2, 0.25) is 0 Å². The van der Waals surface area contributed by atoms with Crippen LogP contribution in [0.1, 0.15) is 32.6 Å². The van der Waals surface area contributed by atoms with Crippen molar-refractivity contribution in [3.05, 3.63) is 109 Å². The molecule has 2 aliphatic rings. The fourth-order valence-electron chi connectivity index (χ4n) is 6.21. The second-order valence-corrected chi connectivity index (χ2v) is 12.1. The van der Waals surface area contributed by atoms with E-state index in [4.69, 9.17) is 9.47 Å². The number of carbonyl (C=O) groups is 1.